The Balaban J connectivity index is 1.03. The number of fused-ring (bicyclic) bond motifs is 4. The predicted octanol–water partition coefficient (Wildman–Crippen LogP) is 14.1. The van der Waals surface area contributed by atoms with Gasteiger partial charge in [-0.05, 0) is 74.5 Å². The van der Waals surface area contributed by atoms with Crippen LogP contribution in [-0.4, -0.2) is 19.5 Å². The molecule has 0 atom stereocenters. The van der Waals surface area contributed by atoms with Crippen molar-refractivity contribution in [1.29, 1.82) is 0 Å². The van der Waals surface area contributed by atoms with Gasteiger partial charge in [-0.3, -0.25) is 0 Å². The zero-order valence-electron chi connectivity index (χ0n) is 32.1. The number of benzene rings is 9. The van der Waals surface area contributed by atoms with Gasteiger partial charge < -0.3 is 4.57 Å². The molecule has 0 fully saturated rings. The van der Waals surface area contributed by atoms with E-state index in [9.17, 15) is 0 Å². The van der Waals surface area contributed by atoms with Crippen LogP contribution in [0.3, 0.4) is 0 Å². The van der Waals surface area contributed by atoms with E-state index in [-0.39, 0.29) is 0 Å². The van der Waals surface area contributed by atoms with Crippen molar-refractivity contribution in [2.24, 2.45) is 0 Å². The molecule has 2 heterocycles. The summed E-state index contributed by atoms with van der Waals surface area (Å²) in [5.41, 5.74) is 13.1. The zero-order valence-corrected chi connectivity index (χ0v) is 32.1. The second kappa shape index (κ2) is 14.5. The maximum atomic E-state index is 5.19. The monoisotopic (exact) mass is 752 g/mol. The first-order chi connectivity index (χ1) is 29.2. The molecule has 11 aromatic rings. The molecule has 0 aliphatic carbocycles. The third-order valence-electron chi connectivity index (χ3n) is 11.3. The molecule has 0 spiro atoms. The average molecular weight is 753 g/mol. The number of aromatic nitrogens is 4. The molecule has 0 saturated heterocycles. The summed E-state index contributed by atoms with van der Waals surface area (Å²) in [5.74, 6) is 1.89. The van der Waals surface area contributed by atoms with E-state index in [1.807, 2.05) is 6.07 Å². The van der Waals surface area contributed by atoms with Crippen LogP contribution in [0.15, 0.2) is 218 Å². The van der Waals surface area contributed by atoms with E-state index < -0.39 is 0 Å². The highest BCUT2D eigenvalue weighted by atomic mass is 15.0. The van der Waals surface area contributed by atoms with Crippen LogP contribution in [0.1, 0.15) is 0 Å². The molecular formula is C55H36N4. The van der Waals surface area contributed by atoms with Gasteiger partial charge in [0.05, 0.1) is 11.0 Å². The fraction of sp³-hybridized carbons (Fsp3) is 0. The quantitative estimate of drug-likeness (QED) is 0.163. The molecule has 0 aliphatic heterocycles. The van der Waals surface area contributed by atoms with E-state index in [1.54, 1.807) is 0 Å². The molecule has 0 unspecified atom stereocenters. The number of para-hydroxylation sites is 1. The largest absolute Gasteiger partial charge is 0.309 e. The Morgan fingerprint density at radius 3 is 1.58 bits per heavy atom. The van der Waals surface area contributed by atoms with Gasteiger partial charge in [0.1, 0.15) is 0 Å². The number of hydrogen-bond donors (Lipinski definition) is 0. The van der Waals surface area contributed by atoms with E-state index in [0.29, 0.717) is 17.5 Å². The lowest BCUT2D eigenvalue weighted by Gasteiger charge is -2.14. The van der Waals surface area contributed by atoms with Crippen molar-refractivity contribution in [2.45, 2.75) is 0 Å². The normalized spacial score (nSPS) is 11.4. The van der Waals surface area contributed by atoms with Crippen LogP contribution in [0, 0.1) is 0 Å². The first kappa shape index (κ1) is 34.3. The summed E-state index contributed by atoms with van der Waals surface area (Å²) in [6.45, 7) is 0. The highest BCUT2D eigenvalue weighted by molar-refractivity contribution is 6.15. The summed E-state index contributed by atoms with van der Waals surface area (Å²) in [6, 6.07) is 77.0. The molecule has 0 N–H and O–H groups in total. The first-order valence-corrected chi connectivity index (χ1v) is 19.9. The van der Waals surface area contributed by atoms with Crippen LogP contribution in [-0.2, 0) is 0 Å². The molecule has 0 amide bonds. The first-order valence-electron chi connectivity index (χ1n) is 19.9. The Bertz CT molecular complexity index is 3300. The van der Waals surface area contributed by atoms with Gasteiger partial charge in [-0.2, -0.15) is 0 Å². The molecule has 0 radical (unpaired) electrons. The Morgan fingerprint density at radius 2 is 0.797 bits per heavy atom. The van der Waals surface area contributed by atoms with Gasteiger partial charge in [0.15, 0.2) is 17.5 Å². The Kier molecular flexibility index (Phi) is 8.45. The van der Waals surface area contributed by atoms with E-state index in [1.165, 1.54) is 43.9 Å². The van der Waals surface area contributed by atoms with Crippen LogP contribution in [0.2, 0.25) is 0 Å². The molecule has 0 aliphatic rings. The van der Waals surface area contributed by atoms with Gasteiger partial charge >= 0.3 is 0 Å². The van der Waals surface area contributed by atoms with Crippen molar-refractivity contribution < 1.29 is 0 Å². The van der Waals surface area contributed by atoms with Gasteiger partial charge in [0.25, 0.3) is 0 Å². The minimum absolute atomic E-state index is 0.626. The Morgan fingerprint density at radius 1 is 0.288 bits per heavy atom. The van der Waals surface area contributed by atoms with Crippen molar-refractivity contribution in [3.05, 3.63) is 218 Å². The second-order valence-corrected chi connectivity index (χ2v) is 14.8. The van der Waals surface area contributed by atoms with E-state index in [2.05, 4.69) is 217 Å². The fourth-order valence-corrected chi connectivity index (χ4v) is 8.40. The molecule has 11 rings (SSSR count). The van der Waals surface area contributed by atoms with Crippen LogP contribution in [0.5, 0.6) is 0 Å². The van der Waals surface area contributed by atoms with Crippen LogP contribution in [0.25, 0.3) is 106 Å². The molecule has 2 aromatic heterocycles. The van der Waals surface area contributed by atoms with Crippen molar-refractivity contribution in [2.75, 3.05) is 0 Å². The lowest BCUT2D eigenvalue weighted by molar-refractivity contribution is 1.07. The van der Waals surface area contributed by atoms with Crippen molar-refractivity contribution in [3.8, 4) is 73.2 Å². The van der Waals surface area contributed by atoms with Crippen molar-refractivity contribution >= 4 is 32.6 Å². The minimum Gasteiger partial charge on any atom is -0.309 e. The molecule has 59 heavy (non-hydrogen) atoms. The van der Waals surface area contributed by atoms with Gasteiger partial charge in [0, 0.05) is 33.2 Å². The lowest BCUT2D eigenvalue weighted by Crippen LogP contribution is -2.01. The maximum absolute atomic E-state index is 5.19. The van der Waals surface area contributed by atoms with Crippen molar-refractivity contribution in [1.82, 2.24) is 19.5 Å². The molecular weight excluding hydrogens is 717 g/mol. The SMILES string of the molecule is c1ccc(-c2ccc(-c3nc(-c4ccc5ccccc5c4)nc(-c4ccccc4-c4ccc(-n5c6ccccc6c6c(-c7ccccc7)cccc65)cc4)n3)cc2)cc1. The van der Waals surface area contributed by atoms with Crippen LogP contribution in [0.4, 0.5) is 0 Å². The third kappa shape index (κ3) is 6.24. The summed E-state index contributed by atoms with van der Waals surface area (Å²) in [7, 11) is 0. The smallest absolute Gasteiger partial charge is 0.164 e. The fourth-order valence-electron chi connectivity index (χ4n) is 8.40. The minimum atomic E-state index is 0.626. The summed E-state index contributed by atoms with van der Waals surface area (Å²) in [6.07, 6.45) is 0. The number of rotatable bonds is 7. The van der Waals surface area contributed by atoms with Crippen LogP contribution < -0.4 is 0 Å². The van der Waals surface area contributed by atoms with Gasteiger partial charge in [0.2, 0.25) is 0 Å². The third-order valence-corrected chi connectivity index (χ3v) is 11.3. The second-order valence-electron chi connectivity index (χ2n) is 14.8. The van der Waals surface area contributed by atoms with E-state index in [0.717, 1.165) is 44.5 Å². The predicted molar refractivity (Wildman–Crippen MR) is 244 cm³/mol. The summed E-state index contributed by atoms with van der Waals surface area (Å²) in [5, 5.41) is 4.81. The Hall–Kier alpha value is -7.95. The maximum Gasteiger partial charge on any atom is 0.164 e. The highest BCUT2D eigenvalue weighted by Crippen LogP contribution is 2.39. The van der Waals surface area contributed by atoms with Gasteiger partial charge in [-0.25, -0.2) is 15.0 Å². The number of hydrogen-bond acceptors (Lipinski definition) is 3. The van der Waals surface area contributed by atoms with E-state index >= 15 is 0 Å². The molecule has 0 saturated carbocycles. The topological polar surface area (TPSA) is 43.6 Å². The zero-order chi connectivity index (χ0) is 39.1. The molecule has 9 aromatic carbocycles. The standard InChI is InChI=1S/C55H36N4/c1-3-14-37(15-4-1)39-26-29-42(30-27-39)53-56-54(44-31-28-38-16-7-8-19-43(38)36-44)58-55(57-53)48-21-10-9-20-46(48)41-32-34-45(35-33-41)59-50-24-12-11-22-49(50)52-47(23-13-25-51(52)59)40-17-5-2-6-18-40/h1-36H. The van der Waals surface area contributed by atoms with Crippen LogP contribution >= 0.6 is 0 Å². The average Bonchev–Trinajstić information content (AvgIpc) is 3.66. The highest BCUT2D eigenvalue weighted by Gasteiger charge is 2.18. The molecule has 276 valence electrons. The van der Waals surface area contributed by atoms with Crippen molar-refractivity contribution in [3.63, 3.8) is 0 Å². The summed E-state index contributed by atoms with van der Waals surface area (Å²) >= 11 is 0. The summed E-state index contributed by atoms with van der Waals surface area (Å²) < 4.78 is 2.38. The molecule has 0 bridgehead atoms. The summed E-state index contributed by atoms with van der Waals surface area (Å²) in [4.78, 5) is 15.5. The molecule has 4 heteroatoms. The molecule has 4 nitrogen and oxygen atoms in total. The number of nitrogens with zero attached hydrogens (tertiary/aromatic N) is 4. The van der Waals surface area contributed by atoms with E-state index in [4.69, 9.17) is 15.0 Å². The van der Waals surface area contributed by atoms with Gasteiger partial charge in [-0.1, -0.05) is 188 Å². The Labute approximate surface area is 342 Å². The van der Waals surface area contributed by atoms with Gasteiger partial charge in [-0.15, -0.1) is 0 Å². The lowest BCUT2D eigenvalue weighted by atomic mass is 9.98.